The topological polar surface area (TPSA) is 98.8 Å². The van der Waals surface area contributed by atoms with Gasteiger partial charge in [-0.05, 0) is 43.2 Å². The van der Waals surface area contributed by atoms with Crippen LogP contribution in [0.15, 0.2) is 53.9 Å². The molecule has 2 unspecified atom stereocenters. The summed E-state index contributed by atoms with van der Waals surface area (Å²) in [6, 6.07) is 14.3. The minimum atomic E-state index is -0.239. The van der Waals surface area contributed by atoms with Gasteiger partial charge in [0.2, 0.25) is 6.79 Å². The smallest absolute Gasteiger partial charge is 0.271 e. The summed E-state index contributed by atoms with van der Waals surface area (Å²) in [5.74, 6) is 1.52. The molecule has 2 N–H and O–H groups in total. The van der Waals surface area contributed by atoms with Crippen molar-refractivity contribution in [1.29, 1.82) is 0 Å². The minimum Gasteiger partial charge on any atom is -0.486 e. The lowest BCUT2D eigenvalue weighted by Gasteiger charge is -2.32. The molecule has 0 bridgehead atoms. The Hall–Kier alpha value is -3.59. The molecule has 2 amide bonds. The van der Waals surface area contributed by atoms with Crippen LogP contribution in [0.4, 0.5) is 0 Å². The van der Waals surface area contributed by atoms with Gasteiger partial charge in [-0.25, -0.2) is 4.98 Å². The number of rotatable bonds is 7. The first-order valence-corrected chi connectivity index (χ1v) is 12.2. The quantitative estimate of drug-likeness (QED) is 0.533. The number of carbonyl (C=O) groups is 2. The molecule has 0 saturated heterocycles. The van der Waals surface area contributed by atoms with Crippen LogP contribution in [0.1, 0.15) is 51.5 Å². The van der Waals surface area contributed by atoms with E-state index in [4.69, 9.17) is 14.2 Å². The zero-order chi connectivity index (χ0) is 23.3. The number of para-hydroxylation sites is 1. The summed E-state index contributed by atoms with van der Waals surface area (Å²) in [5, 5.41) is 8.63. The summed E-state index contributed by atoms with van der Waals surface area (Å²) in [6.07, 6.45) is 3.59. The Labute approximate surface area is 201 Å². The molecule has 176 valence electrons. The fourth-order valence-electron chi connectivity index (χ4n) is 4.15. The lowest BCUT2D eigenvalue weighted by molar-refractivity contribution is 0.0860. The van der Waals surface area contributed by atoms with Crippen LogP contribution in [-0.4, -0.2) is 35.7 Å². The van der Waals surface area contributed by atoms with E-state index in [-0.39, 0.29) is 30.7 Å². The summed E-state index contributed by atoms with van der Waals surface area (Å²) in [5.41, 5.74) is 0.866. The lowest BCUT2D eigenvalue weighted by atomic mass is 9.90. The van der Waals surface area contributed by atoms with Crippen LogP contribution in [0.3, 0.4) is 0 Å². The van der Waals surface area contributed by atoms with Crippen molar-refractivity contribution < 1.29 is 23.8 Å². The van der Waals surface area contributed by atoms with Crippen molar-refractivity contribution in [1.82, 2.24) is 15.6 Å². The van der Waals surface area contributed by atoms with Crippen LogP contribution in [0.5, 0.6) is 17.2 Å². The fraction of sp³-hybridized carbons (Fsp3) is 0.320. The predicted molar refractivity (Wildman–Crippen MR) is 126 cm³/mol. The highest BCUT2D eigenvalue weighted by atomic mass is 32.1. The highest BCUT2D eigenvalue weighted by Gasteiger charge is 2.29. The van der Waals surface area contributed by atoms with Crippen LogP contribution in [0.2, 0.25) is 0 Å². The summed E-state index contributed by atoms with van der Waals surface area (Å²) >= 11 is 1.39. The second-order valence-corrected chi connectivity index (χ2v) is 9.18. The minimum absolute atomic E-state index is 0.157. The van der Waals surface area contributed by atoms with Crippen molar-refractivity contribution in [3.05, 3.63) is 70.2 Å². The maximum Gasteiger partial charge on any atom is 0.271 e. The molecule has 34 heavy (non-hydrogen) atoms. The molecule has 9 heteroatoms. The molecule has 1 saturated carbocycles. The van der Waals surface area contributed by atoms with Crippen molar-refractivity contribution in [3.8, 4) is 17.2 Å². The van der Waals surface area contributed by atoms with Gasteiger partial charge in [0.25, 0.3) is 11.8 Å². The number of amides is 2. The van der Waals surface area contributed by atoms with E-state index in [1.54, 1.807) is 23.6 Å². The van der Waals surface area contributed by atoms with Crippen molar-refractivity contribution in [3.63, 3.8) is 0 Å². The molecule has 1 aliphatic heterocycles. The molecule has 1 fully saturated rings. The Balaban J connectivity index is 1.18. The number of nitrogens with one attached hydrogen (secondary N) is 2. The summed E-state index contributed by atoms with van der Waals surface area (Å²) < 4.78 is 16.4. The maximum atomic E-state index is 12.9. The number of ether oxygens (including phenoxy) is 3. The number of benzene rings is 2. The van der Waals surface area contributed by atoms with Gasteiger partial charge in [0.05, 0.1) is 0 Å². The molecule has 5 rings (SSSR count). The molecule has 2 atom stereocenters. The molecule has 1 aliphatic carbocycles. The number of fused-ring (bicyclic) bond motifs is 1. The van der Waals surface area contributed by atoms with Crippen molar-refractivity contribution in [2.45, 2.75) is 44.4 Å². The Bertz CT molecular complexity index is 1170. The van der Waals surface area contributed by atoms with Gasteiger partial charge in [0.1, 0.15) is 23.1 Å². The number of hydrogen-bond acceptors (Lipinski definition) is 7. The first-order chi connectivity index (χ1) is 16.7. The first-order valence-electron chi connectivity index (χ1n) is 11.3. The fourth-order valence-corrected chi connectivity index (χ4v) is 4.84. The number of carbonyl (C=O) groups excluding carboxylic acids is 2. The molecule has 1 aromatic heterocycles. The van der Waals surface area contributed by atoms with Gasteiger partial charge >= 0.3 is 0 Å². The van der Waals surface area contributed by atoms with Crippen molar-refractivity contribution in [2.24, 2.45) is 0 Å². The molecule has 3 aromatic rings. The third-order valence-corrected chi connectivity index (χ3v) is 6.75. The van der Waals surface area contributed by atoms with E-state index in [1.807, 2.05) is 30.3 Å². The van der Waals surface area contributed by atoms with E-state index >= 15 is 0 Å². The SMILES string of the molecule is O=C(NC1CCCCC1NC(=O)c1csc(COc2ccccc2)n1)c1ccc2c(c1)OCO2. The van der Waals surface area contributed by atoms with Crippen LogP contribution >= 0.6 is 11.3 Å². The monoisotopic (exact) mass is 479 g/mol. The second-order valence-electron chi connectivity index (χ2n) is 8.24. The number of thiazole rings is 1. The summed E-state index contributed by atoms with van der Waals surface area (Å²) in [4.78, 5) is 30.2. The summed E-state index contributed by atoms with van der Waals surface area (Å²) in [6.45, 7) is 0.466. The van der Waals surface area contributed by atoms with Crippen molar-refractivity contribution >= 4 is 23.2 Å². The van der Waals surface area contributed by atoms with E-state index in [2.05, 4.69) is 15.6 Å². The number of nitrogens with zero attached hydrogens (tertiary/aromatic N) is 1. The van der Waals surface area contributed by atoms with E-state index in [0.717, 1.165) is 36.4 Å². The molecule has 2 heterocycles. The maximum absolute atomic E-state index is 12.9. The Morgan fingerprint density at radius 2 is 1.71 bits per heavy atom. The van der Waals surface area contributed by atoms with Gasteiger partial charge in [0.15, 0.2) is 11.5 Å². The van der Waals surface area contributed by atoms with Crippen LogP contribution in [0, 0.1) is 0 Å². The van der Waals surface area contributed by atoms with E-state index in [0.29, 0.717) is 29.4 Å². The standard InChI is InChI=1S/C25H25N3O5S/c29-24(16-10-11-21-22(12-16)33-15-32-21)27-18-8-4-5-9-19(18)28-25(30)20-14-34-23(26-20)13-31-17-6-2-1-3-7-17/h1-3,6-7,10-12,14,18-19H,4-5,8-9,13,15H2,(H,27,29)(H,28,30). The largest absolute Gasteiger partial charge is 0.486 e. The average molecular weight is 480 g/mol. The number of aromatic nitrogens is 1. The zero-order valence-electron chi connectivity index (χ0n) is 18.5. The van der Waals surface area contributed by atoms with Gasteiger partial charge in [-0.3, -0.25) is 9.59 Å². The molecule has 2 aromatic carbocycles. The Kier molecular flexibility index (Phi) is 6.62. The molecular formula is C25H25N3O5S. The highest BCUT2D eigenvalue weighted by molar-refractivity contribution is 7.09. The summed E-state index contributed by atoms with van der Waals surface area (Å²) in [7, 11) is 0. The molecule has 0 radical (unpaired) electrons. The van der Waals surface area contributed by atoms with Gasteiger partial charge in [0, 0.05) is 23.0 Å². The molecular weight excluding hydrogens is 454 g/mol. The van der Waals surface area contributed by atoms with Gasteiger partial charge < -0.3 is 24.8 Å². The lowest BCUT2D eigenvalue weighted by Crippen LogP contribution is -2.53. The number of hydrogen-bond donors (Lipinski definition) is 2. The van der Waals surface area contributed by atoms with Crippen LogP contribution in [-0.2, 0) is 6.61 Å². The van der Waals surface area contributed by atoms with E-state index in [1.165, 1.54) is 11.3 Å². The Morgan fingerprint density at radius 3 is 2.50 bits per heavy atom. The van der Waals surface area contributed by atoms with Gasteiger partial charge in [-0.1, -0.05) is 31.0 Å². The molecule has 8 nitrogen and oxygen atoms in total. The van der Waals surface area contributed by atoms with E-state index < -0.39 is 0 Å². The normalized spacial score (nSPS) is 18.8. The first kappa shape index (κ1) is 22.2. The van der Waals surface area contributed by atoms with Gasteiger partial charge in [-0.15, -0.1) is 11.3 Å². The van der Waals surface area contributed by atoms with Crippen LogP contribution < -0.4 is 24.8 Å². The third-order valence-electron chi connectivity index (χ3n) is 5.92. The van der Waals surface area contributed by atoms with Gasteiger partial charge in [-0.2, -0.15) is 0 Å². The average Bonchev–Trinajstić information content (AvgIpc) is 3.54. The van der Waals surface area contributed by atoms with E-state index in [9.17, 15) is 9.59 Å². The van der Waals surface area contributed by atoms with Crippen molar-refractivity contribution in [2.75, 3.05) is 6.79 Å². The zero-order valence-corrected chi connectivity index (χ0v) is 19.3. The molecule has 0 spiro atoms. The third kappa shape index (κ3) is 5.14. The predicted octanol–water partition coefficient (Wildman–Crippen LogP) is 3.92. The second kappa shape index (κ2) is 10.1. The highest BCUT2D eigenvalue weighted by Crippen LogP contribution is 2.32. The molecule has 2 aliphatic rings. The van der Waals surface area contributed by atoms with Crippen LogP contribution in [0.25, 0.3) is 0 Å². The Morgan fingerprint density at radius 1 is 0.971 bits per heavy atom.